The van der Waals surface area contributed by atoms with Gasteiger partial charge in [-0.15, -0.1) is 5.57 Å². The number of halogens is 5. The number of rotatable bonds is 3. The van der Waals surface area contributed by atoms with E-state index < -0.39 is 30.4 Å². The number of allylic oxidation sites excluding steroid dienone is 3. The van der Waals surface area contributed by atoms with Crippen molar-refractivity contribution >= 4 is 5.70 Å². The van der Waals surface area contributed by atoms with Crippen LogP contribution in [0.1, 0.15) is 12.5 Å². The standard InChI is InChI=1S/C15H11F5N.Y/c1-8-3-4-13(21(9(8)2)7-14(18)19)10-5-11(16)15(20)12(17)6-10;/h3,5-6,14H,2,7H2,1H3;/q-1;. The van der Waals surface area contributed by atoms with Crippen molar-refractivity contribution in [2.75, 3.05) is 6.54 Å². The first kappa shape index (κ1) is 19.0. The molecule has 0 spiro atoms. The normalized spacial score (nSPS) is 14.7. The third kappa shape index (κ3) is 3.84. The van der Waals surface area contributed by atoms with Gasteiger partial charge in [-0.3, -0.25) is 0 Å². The molecule has 22 heavy (non-hydrogen) atoms. The molecule has 7 heteroatoms. The van der Waals surface area contributed by atoms with Crippen LogP contribution in [0.2, 0.25) is 0 Å². The minimum absolute atomic E-state index is 0. The van der Waals surface area contributed by atoms with E-state index in [1.54, 1.807) is 6.92 Å². The summed E-state index contributed by atoms with van der Waals surface area (Å²) in [4.78, 5) is 1.10. The van der Waals surface area contributed by atoms with E-state index in [4.69, 9.17) is 0 Å². The van der Waals surface area contributed by atoms with Gasteiger partial charge in [-0.2, -0.15) is 12.2 Å². The van der Waals surface area contributed by atoms with Gasteiger partial charge in [-0.1, -0.05) is 36.9 Å². The van der Waals surface area contributed by atoms with E-state index >= 15 is 0 Å². The third-order valence-electron chi connectivity index (χ3n) is 3.05. The predicted molar refractivity (Wildman–Crippen MR) is 68.6 cm³/mol. The van der Waals surface area contributed by atoms with Gasteiger partial charge in [0.2, 0.25) is 0 Å². The van der Waals surface area contributed by atoms with Crippen molar-refractivity contribution in [2.24, 2.45) is 0 Å². The number of nitrogens with zero attached hydrogens (tertiary/aromatic N) is 1. The monoisotopic (exact) mass is 389 g/mol. The smallest absolute Gasteiger partial charge is 0.256 e. The molecule has 0 fully saturated rings. The van der Waals surface area contributed by atoms with Gasteiger partial charge >= 0.3 is 0 Å². The second-order valence-corrected chi connectivity index (χ2v) is 4.52. The molecule has 1 radical (unpaired) electrons. The molecular formula is C15H11F5NY-. The number of benzene rings is 1. The van der Waals surface area contributed by atoms with Crippen molar-refractivity contribution < 1.29 is 54.7 Å². The molecule has 0 saturated heterocycles. The van der Waals surface area contributed by atoms with Crippen molar-refractivity contribution in [3.05, 3.63) is 65.1 Å². The Hall–Kier alpha value is -1.01. The van der Waals surface area contributed by atoms with Gasteiger partial charge in [0.25, 0.3) is 6.43 Å². The van der Waals surface area contributed by atoms with E-state index in [0.29, 0.717) is 5.57 Å². The topological polar surface area (TPSA) is 3.24 Å². The van der Waals surface area contributed by atoms with E-state index in [1.807, 2.05) is 0 Å². The van der Waals surface area contributed by atoms with Crippen molar-refractivity contribution in [3.8, 4) is 0 Å². The zero-order valence-corrected chi connectivity index (χ0v) is 14.5. The van der Waals surface area contributed by atoms with E-state index in [9.17, 15) is 22.0 Å². The van der Waals surface area contributed by atoms with Gasteiger partial charge in [-0.25, -0.2) is 22.0 Å². The van der Waals surface area contributed by atoms with Gasteiger partial charge in [0.05, 0.1) is 6.54 Å². The summed E-state index contributed by atoms with van der Waals surface area (Å²) in [6.45, 7) is 4.62. The average molecular weight is 389 g/mol. The van der Waals surface area contributed by atoms with E-state index in [-0.39, 0.29) is 49.7 Å². The van der Waals surface area contributed by atoms with Crippen LogP contribution >= 0.6 is 0 Å². The first-order chi connectivity index (χ1) is 9.81. The van der Waals surface area contributed by atoms with Crippen molar-refractivity contribution in [1.82, 2.24) is 4.90 Å². The quantitative estimate of drug-likeness (QED) is 0.424. The molecule has 1 aromatic rings. The van der Waals surface area contributed by atoms with Crippen LogP contribution in [-0.2, 0) is 32.7 Å². The van der Waals surface area contributed by atoms with Crippen LogP contribution in [0, 0.1) is 23.5 Å². The summed E-state index contributed by atoms with van der Waals surface area (Å²) in [6.07, 6.45) is 1.47. The number of hydrogen-bond donors (Lipinski definition) is 0. The minimum Gasteiger partial charge on any atom is -0.370 e. The first-order valence-corrected chi connectivity index (χ1v) is 6.01. The summed E-state index contributed by atoms with van der Waals surface area (Å²) in [7, 11) is 0. The molecule has 0 saturated carbocycles. The molecule has 0 amide bonds. The van der Waals surface area contributed by atoms with Crippen molar-refractivity contribution in [3.63, 3.8) is 0 Å². The molecule has 0 atom stereocenters. The molecule has 2 rings (SSSR count). The molecule has 1 aromatic carbocycles. The molecule has 1 aliphatic heterocycles. The molecular weight excluding hydrogens is 378 g/mol. The number of hydrogen-bond acceptors (Lipinski definition) is 1. The molecule has 0 aliphatic carbocycles. The van der Waals surface area contributed by atoms with Crippen LogP contribution < -0.4 is 0 Å². The van der Waals surface area contributed by atoms with Crippen molar-refractivity contribution in [1.29, 1.82) is 0 Å². The van der Waals surface area contributed by atoms with Gasteiger partial charge in [-0.05, 0) is 5.70 Å². The molecule has 1 aliphatic rings. The summed E-state index contributed by atoms with van der Waals surface area (Å²) < 4.78 is 64.9. The van der Waals surface area contributed by atoms with Crippen LogP contribution in [0.5, 0.6) is 0 Å². The summed E-state index contributed by atoms with van der Waals surface area (Å²) in [6, 6.07) is 1.47. The Balaban J connectivity index is 0.00000242. The largest absolute Gasteiger partial charge is 0.370 e. The molecule has 1 nitrogen and oxygen atoms in total. The second kappa shape index (κ2) is 7.51. The van der Waals surface area contributed by atoms with Crippen LogP contribution in [0.4, 0.5) is 22.0 Å². The Morgan fingerprint density at radius 3 is 2.23 bits per heavy atom. The van der Waals surface area contributed by atoms with Gasteiger partial charge < -0.3 is 4.90 Å². The maximum Gasteiger partial charge on any atom is 0.256 e. The Morgan fingerprint density at radius 2 is 1.73 bits per heavy atom. The fraction of sp³-hybridized carbons (Fsp3) is 0.200. The zero-order chi connectivity index (χ0) is 15.7. The van der Waals surface area contributed by atoms with E-state index in [0.717, 1.165) is 17.0 Å². The van der Waals surface area contributed by atoms with Gasteiger partial charge in [0.15, 0.2) is 17.5 Å². The predicted octanol–water partition coefficient (Wildman–Crippen LogP) is 4.29. The Labute approximate surface area is 150 Å². The number of alkyl halides is 2. The Kier molecular flexibility index (Phi) is 6.50. The van der Waals surface area contributed by atoms with E-state index in [1.165, 1.54) is 6.08 Å². The molecule has 0 bridgehead atoms. The maximum absolute atomic E-state index is 13.3. The van der Waals surface area contributed by atoms with Gasteiger partial charge in [0.1, 0.15) is 0 Å². The van der Waals surface area contributed by atoms with Crippen LogP contribution in [-0.4, -0.2) is 17.9 Å². The fourth-order valence-corrected chi connectivity index (χ4v) is 1.96. The fourth-order valence-electron chi connectivity index (χ4n) is 1.96. The summed E-state index contributed by atoms with van der Waals surface area (Å²) in [5.41, 5.74) is 0.803. The summed E-state index contributed by atoms with van der Waals surface area (Å²) in [5.74, 6) is -4.40. The second-order valence-electron chi connectivity index (χ2n) is 4.52. The average Bonchev–Trinajstić information content (AvgIpc) is 2.40. The van der Waals surface area contributed by atoms with Crippen molar-refractivity contribution in [2.45, 2.75) is 13.3 Å². The van der Waals surface area contributed by atoms with Crippen LogP contribution in [0.15, 0.2) is 36.1 Å². The van der Waals surface area contributed by atoms with Crippen LogP contribution in [0.3, 0.4) is 0 Å². The Bertz CT molecular complexity index is 628. The summed E-state index contributed by atoms with van der Waals surface area (Å²) >= 11 is 0. The molecule has 1 heterocycles. The zero-order valence-electron chi connectivity index (χ0n) is 11.6. The molecule has 0 aromatic heterocycles. The Morgan fingerprint density at radius 1 is 1.18 bits per heavy atom. The molecule has 115 valence electrons. The molecule has 0 N–H and O–H groups in total. The summed E-state index contributed by atoms with van der Waals surface area (Å²) in [5, 5.41) is 0. The van der Waals surface area contributed by atoms with E-state index in [2.05, 4.69) is 12.7 Å². The maximum atomic E-state index is 13.3. The minimum atomic E-state index is -2.68. The first-order valence-electron chi connectivity index (χ1n) is 6.01. The van der Waals surface area contributed by atoms with Gasteiger partial charge in [0, 0.05) is 32.7 Å². The molecule has 0 unspecified atom stereocenters. The third-order valence-corrected chi connectivity index (χ3v) is 3.05. The van der Waals surface area contributed by atoms with Crippen LogP contribution in [0.25, 0.3) is 5.70 Å². The SMILES string of the molecule is C=C1C(C)=C[C-]=C(c2cc(F)c(F)c(F)c2)N1CC(F)F.[Y].